The highest BCUT2D eigenvalue weighted by Crippen LogP contribution is 2.28. The lowest BCUT2D eigenvalue weighted by atomic mass is 10.2. The van der Waals surface area contributed by atoms with Gasteiger partial charge in [-0.05, 0) is 30.8 Å². The molecule has 1 aromatic rings. The predicted octanol–water partition coefficient (Wildman–Crippen LogP) is 0.427. The van der Waals surface area contributed by atoms with Crippen LogP contribution in [0.15, 0.2) is 0 Å². The minimum Gasteiger partial charge on any atom is -0.391 e. The Morgan fingerprint density at radius 2 is 2.40 bits per heavy atom. The Kier molecular flexibility index (Phi) is 5.16. The molecule has 0 aliphatic heterocycles. The van der Waals surface area contributed by atoms with Crippen LogP contribution in [0, 0.1) is 0 Å². The van der Waals surface area contributed by atoms with E-state index in [4.69, 9.17) is 10.5 Å². The highest BCUT2D eigenvalue weighted by atomic mass is 32.1. The number of anilines is 2. The molecule has 1 unspecified atom stereocenters. The number of aliphatic hydroxyl groups is 1. The van der Waals surface area contributed by atoms with Gasteiger partial charge in [-0.3, -0.25) is 4.79 Å². The van der Waals surface area contributed by atoms with Gasteiger partial charge in [-0.1, -0.05) is 0 Å². The zero-order valence-electron chi connectivity index (χ0n) is 11.4. The first-order chi connectivity index (χ1) is 9.61. The van der Waals surface area contributed by atoms with E-state index in [1.54, 1.807) is 7.11 Å². The lowest BCUT2D eigenvalue weighted by molar-refractivity contribution is 0.0615. The Bertz CT molecular complexity index is 462. The van der Waals surface area contributed by atoms with Gasteiger partial charge in [0, 0.05) is 19.7 Å². The summed E-state index contributed by atoms with van der Waals surface area (Å²) in [6, 6.07) is 0.276. The number of nitrogen functional groups attached to an aromatic ring is 1. The summed E-state index contributed by atoms with van der Waals surface area (Å²) in [5.41, 5.74) is 6.15. The Hall–Kier alpha value is -1.38. The van der Waals surface area contributed by atoms with Crippen molar-refractivity contribution in [1.29, 1.82) is 0 Å². The predicted molar refractivity (Wildman–Crippen MR) is 78.0 cm³/mol. The van der Waals surface area contributed by atoms with Crippen LogP contribution in [0.2, 0.25) is 0 Å². The van der Waals surface area contributed by atoms with Gasteiger partial charge < -0.3 is 26.2 Å². The Labute approximate surface area is 121 Å². The molecule has 1 aromatic heterocycles. The number of ether oxygens (including phenoxy) is 1. The number of nitrogens with two attached hydrogens (primary N) is 1. The number of rotatable bonds is 8. The molecule has 1 aliphatic rings. The second-order valence-corrected chi connectivity index (χ2v) is 5.62. The summed E-state index contributed by atoms with van der Waals surface area (Å²) in [5.74, 6) is 0.0618. The molecule has 0 bridgehead atoms. The molecule has 112 valence electrons. The van der Waals surface area contributed by atoms with Crippen LogP contribution in [0.4, 0.5) is 10.8 Å². The summed E-state index contributed by atoms with van der Waals surface area (Å²) in [5, 5.41) is 16.2. The van der Waals surface area contributed by atoms with Crippen molar-refractivity contribution in [3.05, 3.63) is 5.56 Å². The van der Waals surface area contributed by atoms with E-state index in [1.165, 1.54) is 0 Å². The average Bonchev–Trinajstić information content (AvgIpc) is 3.12. The van der Waals surface area contributed by atoms with E-state index < -0.39 is 6.10 Å². The molecule has 1 saturated carbocycles. The smallest absolute Gasteiger partial charge is 0.258 e. The number of nitrogens with zero attached hydrogens (tertiary/aromatic N) is 1. The number of nitrogens with one attached hydrogen (secondary N) is 2. The van der Waals surface area contributed by atoms with E-state index in [1.807, 2.05) is 0 Å². The van der Waals surface area contributed by atoms with Crippen molar-refractivity contribution in [1.82, 2.24) is 9.69 Å². The maximum absolute atomic E-state index is 12.1. The number of methoxy groups -OCH3 is 1. The summed E-state index contributed by atoms with van der Waals surface area (Å²) in [6.07, 6.45) is 2.04. The van der Waals surface area contributed by atoms with E-state index >= 15 is 0 Å². The average molecular weight is 300 g/mol. The normalized spacial score (nSPS) is 15.9. The minimum atomic E-state index is -0.526. The largest absolute Gasteiger partial charge is 0.391 e. The molecule has 0 aromatic carbocycles. The summed E-state index contributed by atoms with van der Waals surface area (Å²) < 4.78 is 8.86. The molecule has 1 heterocycles. The van der Waals surface area contributed by atoms with Gasteiger partial charge in [0.1, 0.15) is 10.6 Å². The molecule has 0 radical (unpaired) electrons. The number of hydrogen-bond acceptors (Lipinski definition) is 7. The molecular weight excluding hydrogens is 280 g/mol. The third kappa shape index (κ3) is 4.06. The van der Waals surface area contributed by atoms with Crippen molar-refractivity contribution in [3.63, 3.8) is 0 Å². The van der Waals surface area contributed by atoms with Crippen molar-refractivity contribution in [2.24, 2.45) is 0 Å². The fourth-order valence-electron chi connectivity index (χ4n) is 1.76. The standard InChI is InChI=1S/C12H20N4O3S/c1-19-6-8(17)4-5-14-12-9(10(13)16-20-12)11(18)15-7-2-3-7/h7-8,14,17H,2-6H2,1H3,(H2,13,16)(H,15,18). The molecule has 1 atom stereocenters. The van der Waals surface area contributed by atoms with E-state index in [2.05, 4.69) is 15.0 Å². The molecular formula is C12H20N4O3S. The van der Waals surface area contributed by atoms with Gasteiger partial charge >= 0.3 is 0 Å². The zero-order valence-corrected chi connectivity index (χ0v) is 12.2. The highest BCUT2D eigenvalue weighted by Gasteiger charge is 2.27. The van der Waals surface area contributed by atoms with Crippen LogP contribution in [0.5, 0.6) is 0 Å². The van der Waals surface area contributed by atoms with Gasteiger partial charge in [0.15, 0.2) is 5.82 Å². The number of amides is 1. The van der Waals surface area contributed by atoms with Gasteiger partial charge in [0.2, 0.25) is 0 Å². The topological polar surface area (TPSA) is 110 Å². The van der Waals surface area contributed by atoms with Crippen molar-refractivity contribution in [3.8, 4) is 0 Å². The summed E-state index contributed by atoms with van der Waals surface area (Å²) >= 11 is 1.16. The Morgan fingerprint density at radius 1 is 1.65 bits per heavy atom. The summed E-state index contributed by atoms with van der Waals surface area (Å²) in [6.45, 7) is 0.817. The van der Waals surface area contributed by atoms with Crippen LogP contribution in [-0.2, 0) is 4.74 Å². The molecule has 1 fully saturated rings. The first-order valence-electron chi connectivity index (χ1n) is 6.58. The number of aromatic nitrogens is 1. The lowest BCUT2D eigenvalue weighted by Crippen LogP contribution is -2.27. The van der Waals surface area contributed by atoms with Gasteiger partial charge in [-0.2, -0.15) is 4.37 Å². The third-order valence-corrected chi connectivity index (χ3v) is 3.80. The molecule has 5 N–H and O–H groups in total. The molecule has 7 nitrogen and oxygen atoms in total. The monoisotopic (exact) mass is 300 g/mol. The second kappa shape index (κ2) is 6.87. The molecule has 2 rings (SSSR count). The van der Waals surface area contributed by atoms with Crippen molar-refractivity contribution in [2.45, 2.75) is 31.4 Å². The fraction of sp³-hybridized carbons (Fsp3) is 0.667. The molecule has 1 amide bonds. The zero-order chi connectivity index (χ0) is 14.5. The van der Waals surface area contributed by atoms with E-state index in [0.717, 1.165) is 24.4 Å². The molecule has 20 heavy (non-hydrogen) atoms. The molecule has 8 heteroatoms. The van der Waals surface area contributed by atoms with E-state index in [9.17, 15) is 9.90 Å². The first-order valence-corrected chi connectivity index (χ1v) is 7.36. The van der Waals surface area contributed by atoms with Crippen molar-refractivity contribution in [2.75, 3.05) is 31.3 Å². The van der Waals surface area contributed by atoms with Gasteiger partial charge in [0.25, 0.3) is 5.91 Å². The molecule has 0 spiro atoms. The highest BCUT2D eigenvalue weighted by molar-refractivity contribution is 7.11. The van der Waals surface area contributed by atoms with E-state index in [0.29, 0.717) is 30.1 Å². The second-order valence-electron chi connectivity index (χ2n) is 4.84. The third-order valence-electron chi connectivity index (χ3n) is 2.98. The van der Waals surface area contributed by atoms with Crippen LogP contribution >= 0.6 is 11.5 Å². The Morgan fingerprint density at radius 3 is 3.05 bits per heavy atom. The number of hydrogen-bond donors (Lipinski definition) is 4. The van der Waals surface area contributed by atoms with Crippen molar-refractivity contribution < 1.29 is 14.6 Å². The number of carbonyl (C=O) groups excluding carboxylic acids is 1. The lowest BCUT2D eigenvalue weighted by Gasteiger charge is -2.11. The minimum absolute atomic E-state index is 0.182. The van der Waals surface area contributed by atoms with Gasteiger partial charge in [0.05, 0.1) is 12.7 Å². The fourth-order valence-corrected chi connectivity index (χ4v) is 2.49. The molecule has 1 aliphatic carbocycles. The summed E-state index contributed by atoms with van der Waals surface area (Å²) in [4.78, 5) is 12.1. The molecule has 0 saturated heterocycles. The van der Waals surface area contributed by atoms with Crippen molar-refractivity contribution >= 4 is 28.3 Å². The van der Waals surface area contributed by atoms with E-state index in [-0.39, 0.29) is 17.8 Å². The maximum Gasteiger partial charge on any atom is 0.258 e. The summed E-state index contributed by atoms with van der Waals surface area (Å²) in [7, 11) is 1.54. The Balaban J connectivity index is 1.89. The van der Waals surface area contributed by atoms with Gasteiger partial charge in [-0.15, -0.1) is 0 Å². The quantitative estimate of drug-likeness (QED) is 0.554. The maximum atomic E-state index is 12.1. The van der Waals surface area contributed by atoms with Crippen LogP contribution in [-0.4, -0.2) is 47.8 Å². The number of aliphatic hydroxyl groups excluding tert-OH is 1. The van der Waals surface area contributed by atoms with Crippen LogP contribution in [0.1, 0.15) is 29.6 Å². The van der Waals surface area contributed by atoms with Crippen LogP contribution < -0.4 is 16.4 Å². The SMILES string of the molecule is COCC(O)CCNc1snc(N)c1C(=O)NC1CC1. The van der Waals surface area contributed by atoms with Gasteiger partial charge in [-0.25, -0.2) is 0 Å². The van der Waals surface area contributed by atoms with Crippen LogP contribution in [0.25, 0.3) is 0 Å². The number of carbonyl (C=O) groups is 1. The first kappa shape index (κ1) is 15.0. The van der Waals surface area contributed by atoms with Crippen LogP contribution in [0.3, 0.4) is 0 Å².